The Balaban J connectivity index is 2.22. The maximum Gasteiger partial charge on any atom is 0.344 e. The molecule has 21 heavy (non-hydrogen) atoms. The van der Waals surface area contributed by atoms with Crippen molar-refractivity contribution in [3.8, 4) is 5.88 Å². The van der Waals surface area contributed by atoms with E-state index in [0.29, 0.717) is 9.13 Å². The molecule has 0 aliphatic carbocycles. The van der Waals surface area contributed by atoms with Gasteiger partial charge in [-0.15, -0.1) is 0 Å². The van der Waals surface area contributed by atoms with Gasteiger partial charge in [0.25, 0.3) is 0 Å². The largest absolute Gasteiger partial charge is 0.472 e. The number of pyridine rings is 1. The number of aromatic nitrogens is 1. The Morgan fingerprint density at radius 3 is 2.81 bits per heavy atom. The molecule has 0 amide bonds. The van der Waals surface area contributed by atoms with Gasteiger partial charge in [0.2, 0.25) is 5.88 Å². The molecule has 0 aliphatic heterocycles. The Labute approximate surface area is 135 Å². The van der Waals surface area contributed by atoms with E-state index in [1.54, 1.807) is 31.2 Å². The third-order valence-electron chi connectivity index (χ3n) is 2.67. The molecule has 4 nitrogen and oxygen atoms in total. The molecular weight excluding hydrogens is 388 g/mol. The van der Waals surface area contributed by atoms with Crippen molar-refractivity contribution >= 4 is 28.6 Å². The van der Waals surface area contributed by atoms with E-state index in [0.717, 1.165) is 0 Å². The predicted octanol–water partition coefficient (Wildman–Crippen LogP) is 3.58. The molecule has 0 unspecified atom stereocenters. The molecule has 0 saturated heterocycles. The van der Waals surface area contributed by atoms with E-state index in [1.165, 1.54) is 12.3 Å². The summed E-state index contributed by atoms with van der Waals surface area (Å²) in [6.45, 7) is 1.98. The van der Waals surface area contributed by atoms with Gasteiger partial charge in [-0.25, -0.2) is 14.2 Å². The SMILES string of the molecule is CCOC(=O)c1c(I)ccnc1OCc1ccccc1F. The monoisotopic (exact) mass is 401 g/mol. The number of benzene rings is 1. The average Bonchev–Trinajstić information content (AvgIpc) is 2.46. The smallest absolute Gasteiger partial charge is 0.344 e. The topological polar surface area (TPSA) is 48.4 Å². The van der Waals surface area contributed by atoms with Crippen molar-refractivity contribution in [2.75, 3.05) is 6.61 Å². The molecule has 0 radical (unpaired) electrons. The van der Waals surface area contributed by atoms with E-state index in [9.17, 15) is 9.18 Å². The number of rotatable bonds is 5. The number of ether oxygens (including phenoxy) is 2. The molecule has 0 fully saturated rings. The van der Waals surface area contributed by atoms with E-state index in [2.05, 4.69) is 4.98 Å². The van der Waals surface area contributed by atoms with Crippen LogP contribution in [0.3, 0.4) is 0 Å². The van der Waals surface area contributed by atoms with E-state index in [4.69, 9.17) is 9.47 Å². The highest BCUT2D eigenvalue weighted by Gasteiger charge is 2.19. The third-order valence-corrected chi connectivity index (χ3v) is 3.57. The minimum absolute atomic E-state index is 0.00777. The lowest BCUT2D eigenvalue weighted by molar-refractivity contribution is 0.0518. The van der Waals surface area contributed by atoms with Crippen LogP contribution in [0.4, 0.5) is 4.39 Å². The van der Waals surface area contributed by atoms with E-state index in [1.807, 2.05) is 22.6 Å². The second-order valence-corrected chi connectivity index (χ2v) is 5.24. The number of nitrogens with zero attached hydrogens (tertiary/aromatic N) is 1. The first-order chi connectivity index (χ1) is 10.1. The Hall–Kier alpha value is -1.70. The quantitative estimate of drug-likeness (QED) is 0.568. The number of esters is 1. The van der Waals surface area contributed by atoms with Gasteiger partial charge in [-0.2, -0.15) is 0 Å². The van der Waals surface area contributed by atoms with Gasteiger partial charge in [0.15, 0.2) is 0 Å². The zero-order chi connectivity index (χ0) is 15.2. The lowest BCUT2D eigenvalue weighted by Gasteiger charge is -2.11. The predicted molar refractivity (Wildman–Crippen MR) is 83.6 cm³/mol. The number of hydrogen-bond acceptors (Lipinski definition) is 4. The molecule has 0 N–H and O–H groups in total. The second-order valence-electron chi connectivity index (χ2n) is 4.07. The maximum absolute atomic E-state index is 13.6. The molecule has 0 bridgehead atoms. The zero-order valence-corrected chi connectivity index (χ0v) is 13.5. The fourth-order valence-corrected chi connectivity index (χ4v) is 2.29. The molecule has 1 aromatic heterocycles. The molecule has 1 aromatic carbocycles. The molecule has 0 aliphatic rings. The molecule has 0 spiro atoms. The third kappa shape index (κ3) is 3.90. The maximum atomic E-state index is 13.6. The Kier molecular flexibility index (Phi) is 5.49. The molecule has 1 heterocycles. The van der Waals surface area contributed by atoms with Gasteiger partial charge in [0.05, 0.1) is 6.61 Å². The summed E-state index contributed by atoms with van der Waals surface area (Å²) in [6, 6.07) is 7.98. The van der Waals surface area contributed by atoms with Crippen molar-refractivity contribution in [3.63, 3.8) is 0 Å². The van der Waals surface area contributed by atoms with Crippen molar-refractivity contribution in [1.29, 1.82) is 0 Å². The van der Waals surface area contributed by atoms with Crippen molar-refractivity contribution in [2.24, 2.45) is 0 Å². The van der Waals surface area contributed by atoms with Crippen molar-refractivity contribution in [1.82, 2.24) is 4.98 Å². The molecule has 0 saturated carbocycles. The van der Waals surface area contributed by atoms with Crippen LogP contribution in [0, 0.1) is 9.39 Å². The van der Waals surface area contributed by atoms with Gasteiger partial charge in [-0.1, -0.05) is 18.2 Å². The van der Waals surface area contributed by atoms with Crippen LogP contribution in [0.2, 0.25) is 0 Å². The highest BCUT2D eigenvalue weighted by molar-refractivity contribution is 14.1. The van der Waals surface area contributed by atoms with Crippen molar-refractivity contribution < 1.29 is 18.7 Å². The van der Waals surface area contributed by atoms with Crippen LogP contribution in [0.15, 0.2) is 36.5 Å². The Morgan fingerprint density at radius 1 is 1.33 bits per heavy atom. The first-order valence-corrected chi connectivity index (χ1v) is 7.39. The van der Waals surface area contributed by atoms with E-state index < -0.39 is 5.97 Å². The van der Waals surface area contributed by atoms with Crippen LogP contribution in [0.5, 0.6) is 5.88 Å². The summed E-state index contributed by atoms with van der Waals surface area (Å²) in [6.07, 6.45) is 1.53. The summed E-state index contributed by atoms with van der Waals surface area (Å²) in [5, 5.41) is 0. The van der Waals surface area contributed by atoms with Gasteiger partial charge in [0.1, 0.15) is 18.0 Å². The summed E-state index contributed by atoms with van der Waals surface area (Å²) >= 11 is 2.01. The van der Waals surface area contributed by atoms with Crippen molar-refractivity contribution in [3.05, 3.63) is 57.0 Å². The number of halogens is 2. The Bertz CT molecular complexity index is 649. The number of carbonyl (C=O) groups excluding carboxylic acids is 1. The van der Waals surface area contributed by atoms with Gasteiger partial charge in [-0.3, -0.25) is 0 Å². The van der Waals surface area contributed by atoms with Gasteiger partial charge in [-0.05, 0) is 41.6 Å². The summed E-state index contributed by atoms with van der Waals surface area (Å²) in [5.74, 6) is -0.719. The van der Waals surface area contributed by atoms with Crippen LogP contribution in [-0.2, 0) is 11.3 Å². The molecule has 6 heteroatoms. The van der Waals surface area contributed by atoms with E-state index in [-0.39, 0.29) is 30.5 Å². The zero-order valence-electron chi connectivity index (χ0n) is 11.3. The molecule has 2 aromatic rings. The lowest BCUT2D eigenvalue weighted by atomic mass is 10.2. The van der Waals surface area contributed by atoms with Crippen LogP contribution < -0.4 is 4.74 Å². The normalized spacial score (nSPS) is 10.2. The summed E-state index contributed by atoms with van der Waals surface area (Å²) in [5.41, 5.74) is 0.657. The molecule has 0 atom stereocenters. The Morgan fingerprint density at radius 2 is 2.10 bits per heavy atom. The van der Waals surface area contributed by atoms with E-state index >= 15 is 0 Å². The van der Waals surface area contributed by atoms with Crippen LogP contribution in [-0.4, -0.2) is 17.6 Å². The summed E-state index contributed by atoms with van der Waals surface area (Å²) < 4.78 is 24.7. The highest BCUT2D eigenvalue weighted by Crippen LogP contribution is 2.23. The lowest BCUT2D eigenvalue weighted by Crippen LogP contribution is -2.11. The number of carbonyl (C=O) groups is 1. The van der Waals surface area contributed by atoms with Crippen LogP contribution >= 0.6 is 22.6 Å². The summed E-state index contributed by atoms with van der Waals surface area (Å²) in [7, 11) is 0. The first-order valence-electron chi connectivity index (χ1n) is 6.31. The second kappa shape index (κ2) is 7.35. The van der Waals surface area contributed by atoms with Gasteiger partial charge in [0, 0.05) is 15.3 Å². The number of hydrogen-bond donors (Lipinski definition) is 0. The molecular formula is C15H13FINO3. The first kappa shape index (κ1) is 15.7. The molecule has 110 valence electrons. The molecule has 2 rings (SSSR count). The summed E-state index contributed by atoms with van der Waals surface area (Å²) in [4.78, 5) is 16.0. The fourth-order valence-electron chi connectivity index (χ4n) is 1.68. The standard InChI is InChI=1S/C15H13FINO3/c1-2-20-15(19)13-12(17)7-8-18-14(13)21-9-10-5-3-4-6-11(10)16/h3-8H,2,9H2,1H3. The fraction of sp³-hybridized carbons (Fsp3) is 0.200. The van der Waals surface area contributed by atoms with Crippen LogP contribution in [0.25, 0.3) is 0 Å². The van der Waals surface area contributed by atoms with Gasteiger partial charge < -0.3 is 9.47 Å². The van der Waals surface area contributed by atoms with Crippen molar-refractivity contribution in [2.45, 2.75) is 13.5 Å². The minimum Gasteiger partial charge on any atom is -0.472 e. The van der Waals surface area contributed by atoms with Gasteiger partial charge >= 0.3 is 5.97 Å². The van der Waals surface area contributed by atoms with Crippen LogP contribution in [0.1, 0.15) is 22.8 Å². The highest BCUT2D eigenvalue weighted by atomic mass is 127. The minimum atomic E-state index is -0.501. The average molecular weight is 401 g/mol.